The molecule has 1 saturated heterocycles. The Morgan fingerprint density at radius 3 is 2.82 bits per heavy atom. The molecule has 0 aromatic carbocycles. The van der Waals surface area contributed by atoms with E-state index in [1.807, 2.05) is 0 Å². The third-order valence-electron chi connectivity index (χ3n) is 2.09. The number of hydrogen-bond donors (Lipinski definition) is 1. The third-order valence-corrected chi connectivity index (χ3v) is 2.09. The van der Waals surface area contributed by atoms with Crippen molar-refractivity contribution < 1.29 is 4.39 Å². The first kappa shape index (κ1) is 6.79. The largest absolute Gasteiger partial charge is 0.309 e. The summed E-state index contributed by atoms with van der Waals surface area (Å²) in [5.41, 5.74) is -0.512. The summed E-state index contributed by atoms with van der Waals surface area (Å²) in [6.45, 7) is 0.819. The highest BCUT2D eigenvalue weighted by molar-refractivity contribution is 5.17. The maximum atomic E-state index is 13.6. The van der Waals surface area contributed by atoms with E-state index in [0.29, 0.717) is 18.8 Å². The van der Waals surface area contributed by atoms with E-state index in [4.69, 9.17) is 0 Å². The molecule has 11 heavy (non-hydrogen) atoms. The molecule has 0 atom stereocenters. The third kappa shape index (κ3) is 0.860. The molecular weight excluding hydrogens is 145 g/mol. The highest BCUT2D eigenvalue weighted by atomic mass is 19.1. The fourth-order valence-corrected chi connectivity index (χ4v) is 1.34. The fourth-order valence-electron chi connectivity index (χ4n) is 1.34. The lowest BCUT2D eigenvalue weighted by Crippen LogP contribution is -2.54. The van der Waals surface area contributed by atoms with Gasteiger partial charge in [0.1, 0.15) is 0 Å². The molecule has 1 fully saturated rings. The van der Waals surface area contributed by atoms with Crippen LogP contribution in [-0.2, 0) is 12.7 Å². The van der Waals surface area contributed by atoms with Crippen molar-refractivity contribution in [1.29, 1.82) is 0 Å². The molecule has 2 heterocycles. The van der Waals surface area contributed by atoms with E-state index in [0.717, 1.165) is 0 Å². The van der Waals surface area contributed by atoms with E-state index in [-0.39, 0.29) is 0 Å². The highest BCUT2D eigenvalue weighted by Gasteiger charge is 2.40. The van der Waals surface area contributed by atoms with Gasteiger partial charge >= 0.3 is 0 Å². The van der Waals surface area contributed by atoms with Crippen molar-refractivity contribution in [1.82, 2.24) is 15.1 Å². The molecule has 0 bridgehead atoms. The zero-order chi connectivity index (χ0) is 7.90. The van der Waals surface area contributed by atoms with Gasteiger partial charge in [0.2, 0.25) is 0 Å². The average Bonchev–Trinajstić information content (AvgIpc) is 2.30. The van der Waals surface area contributed by atoms with Crippen molar-refractivity contribution in [3.05, 3.63) is 18.0 Å². The predicted octanol–water partition coefficient (Wildman–Crippen LogP) is 0.188. The van der Waals surface area contributed by atoms with E-state index in [1.165, 1.54) is 0 Å². The predicted molar refractivity (Wildman–Crippen MR) is 38.9 cm³/mol. The standard InChI is InChI=1S/C7H10FN3/c1-11-6(2-3-10-11)7(8)4-9-5-7/h2-3,9H,4-5H2,1H3. The van der Waals surface area contributed by atoms with Crippen LogP contribution in [0.1, 0.15) is 5.69 Å². The van der Waals surface area contributed by atoms with Gasteiger partial charge in [0.05, 0.1) is 5.69 Å². The van der Waals surface area contributed by atoms with E-state index < -0.39 is 5.67 Å². The van der Waals surface area contributed by atoms with Crippen LogP contribution in [0, 0.1) is 0 Å². The monoisotopic (exact) mass is 155 g/mol. The number of halogens is 1. The van der Waals surface area contributed by atoms with Gasteiger partial charge in [-0.1, -0.05) is 0 Å². The minimum absolute atomic E-state index is 0.409. The van der Waals surface area contributed by atoms with Gasteiger partial charge < -0.3 is 5.32 Å². The van der Waals surface area contributed by atoms with Crippen molar-refractivity contribution in [3.8, 4) is 0 Å². The molecule has 4 heteroatoms. The molecule has 0 radical (unpaired) electrons. The van der Waals surface area contributed by atoms with Gasteiger partial charge in [0.25, 0.3) is 0 Å². The van der Waals surface area contributed by atoms with Gasteiger partial charge in [-0.2, -0.15) is 5.10 Å². The molecule has 0 unspecified atom stereocenters. The molecule has 3 nitrogen and oxygen atoms in total. The normalized spacial score (nSPS) is 21.3. The molecule has 1 aromatic rings. The van der Waals surface area contributed by atoms with Crippen molar-refractivity contribution in [2.24, 2.45) is 7.05 Å². The van der Waals surface area contributed by atoms with Gasteiger partial charge in [0, 0.05) is 26.3 Å². The van der Waals surface area contributed by atoms with Crippen LogP contribution in [0.3, 0.4) is 0 Å². The molecule has 1 aromatic heterocycles. The summed E-state index contributed by atoms with van der Waals surface area (Å²) in [6, 6.07) is 1.72. The number of aromatic nitrogens is 2. The lowest BCUT2D eigenvalue weighted by molar-refractivity contribution is 0.0794. The summed E-state index contributed by atoms with van der Waals surface area (Å²) >= 11 is 0. The Kier molecular flexibility index (Phi) is 1.26. The number of rotatable bonds is 1. The molecule has 0 saturated carbocycles. The summed E-state index contributed by atoms with van der Waals surface area (Å²) in [4.78, 5) is 0. The van der Waals surface area contributed by atoms with Gasteiger partial charge in [-0.3, -0.25) is 4.68 Å². The van der Waals surface area contributed by atoms with Crippen LogP contribution in [-0.4, -0.2) is 22.9 Å². The molecule has 0 aliphatic carbocycles. The quantitative estimate of drug-likeness (QED) is 0.627. The van der Waals surface area contributed by atoms with Crippen molar-refractivity contribution in [3.63, 3.8) is 0 Å². The minimum atomic E-state index is -1.18. The van der Waals surface area contributed by atoms with E-state index in [1.54, 1.807) is 24.0 Å². The fraction of sp³-hybridized carbons (Fsp3) is 0.571. The number of aryl methyl sites for hydroxylation is 1. The number of hydrogen-bond acceptors (Lipinski definition) is 2. The Morgan fingerprint density at radius 2 is 2.45 bits per heavy atom. The molecule has 0 spiro atoms. The van der Waals surface area contributed by atoms with E-state index in [2.05, 4.69) is 10.4 Å². The van der Waals surface area contributed by atoms with Crippen LogP contribution < -0.4 is 5.32 Å². The highest BCUT2D eigenvalue weighted by Crippen LogP contribution is 2.28. The zero-order valence-corrected chi connectivity index (χ0v) is 6.34. The van der Waals surface area contributed by atoms with Gasteiger partial charge in [0.15, 0.2) is 5.67 Å². The number of nitrogens with one attached hydrogen (secondary N) is 1. The summed E-state index contributed by atoms with van der Waals surface area (Å²) in [7, 11) is 1.76. The molecule has 1 N–H and O–H groups in total. The Hall–Kier alpha value is -0.900. The van der Waals surface area contributed by atoms with E-state index in [9.17, 15) is 4.39 Å². The molecule has 1 aliphatic rings. The summed E-state index contributed by atoms with van der Waals surface area (Å²) in [5, 5.41) is 6.81. The Morgan fingerprint density at radius 1 is 1.73 bits per heavy atom. The van der Waals surface area contributed by atoms with Crippen LogP contribution in [0.4, 0.5) is 4.39 Å². The number of nitrogens with zero attached hydrogens (tertiary/aromatic N) is 2. The molecule has 60 valence electrons. The molecule has 2 rings (SSSR count). The SMILES string of the molecule is Cn1nccc1C1(F)CNC1. The Balaban J connectivity index is 2.35. The van der Waals surface area contributed by atoms with Crippen LogP contribution in [0.15, 0.2) is 12.3 Å². The van der Waals surface area contributed by atoms with Crippen LogP contribution in [0.25, 0.3) is 0 Å². The van der Waals surface area contributed by atoms with Gasteiger partial charge in [-0.25, -0.2) is 4.39 Å². The zero-order valence-electron chi connectivity index (χ0n) is 6.34. The first-order valence-electron chi connectivity index (χ1n) is 3.60. The van der Waals surface area contributed by atoms with Gasteiger partial charge in [-0.05, 0) is 6.07 Å². The molecule has 1 aliphatic heterocycles. The summed E-state index contributed by atoms with van der Waals surface area (Å²) in [6.07, 6.45) is 1.62. The van der Waals surface area contributed by atoms with Crippen LogP contribution >= 0.6 is 0 Å². The average molecular weight is 155 g/mol. The van der Waals surface area contributed by atoms with Crippen LogP contribution in [0.5, 0.6) is 0 Å². The second kappa shape index (κ2) is 2.04. The maximum absolute atomic E-state index is 13.6. The second-order valence-electron chi connectivity index (χ2n) is 2.91. The molecule has 0 amide bonds. The lowest BCUT2D eigenvalue weighted by atomic mass is 9.95. The number of alkyl halides is 1. The Labute approximate surface area is 64.2 Å². The van der Waals surface area contributed by atoms with E-state index >= 15 is 0 Å². The first-order valence-corrected chi connectivity index (χ1v) is 3.60. The maximum Gasteiger partial charge on any atom is 0.176 e. The molecular formula is C7H10FN3. The topological polar surface area (TPSA) is 29.9 Å². The Bertz CT molecular complexity index is 264. The van der Waals surface area contributed by atoms with Crippen molar-refractivity contribution in [2.45, 2.75) is 5.67 Å². The van der Waals surface area contributed by atoms with Crippen molar-refractivity contribution in [2.75, 3.05) is 13.1 Å². The first-order chi connectivity index (χ1) is 5.22. The summed E-state index contributed by atoms with van der Waals surface area (Å²) in [5.74, 6) is 0. The summed E-state index contributed by atoms with van der Waals surface area (Å²) < 4.78 is 15.2. The second-order valence-corrected chi connectivity index (χ2v) is 2.91. The van der Waals surface area contributed by atoms with Gasteiger partial charge in [-0.15, -0.1) is 0 Å². The smallest absolute Gasteiger partial charge is 0.176 e. The lowest BCUT2D eigenvalue weighted by Gasteiger charge is -2.34. The van der Waals surface area contributed by atoms with Crippen molar-refractivity contribution >= 4 is 0 Å². The minimum Gasteiger partial charge on any atom is -0.309 e. The van der Waals surface area contributed by atoms with Crippen LogP contribution in [0.2, 0.25) is 0 Å².